The molecule has 13 heavy (non-hydrogen) atoms. The van der Waals surface area contributed by atoms with Crippen LogP contribution >= 0.6 is 0 Å². The Morgan fingerprint density at radius 1 is 1.38 bits per heavy atom. The molecule has 5 N–H and O–H groups in total. The fourth-order valence-corrected chi connectivity index (χ4v) is 1.29. The van der Waals surface area contributed by atoms with Crippen LogP contribution in [0.5, 0.6) is 0 Å². The number of aliphatic carboxylic acids is 1. The molecule has 1 saturated heterocycles. The van der Waals surface area contributed by atoms with Gasteiger partial charge in [-0.25, -0.2) is 4.79 Å². The highest BCUT2D eigenvalue weighted by molar-refractivity contribution is 5.73. The third-order valence-corrected chi connectivity index (χ3v) is 2.20. The molecule has 0 aliphatic carbocycles. The Kier molecular flexibility index (Phi) is 2.87. The van der Waals surface area contributed by atoms with E-state index in [1.165, 1.54) is 0 Å². The number of ether oxygens (including phenoxy) is 1. The molecule has 1 fully saturated rings. The van der Waals surface area contributed by atoms with Crippen LogP contribution in [0, 0.1) is 0 Å². The topological polar surface area (TPSA) is 113 Å². The highest BCUT2D eigenvalue weighted by Gasteiger charge is 2.44. The second kappa shape index (κ2) is 3.59. The largest absolute Gasteiger partial charge is 0.479 e. The fourth-order valence-electron chi connectivity index (χ4n) is 1.29. The summed E-state index contributed by atoms with van der Waals surface area (Å²) >= 11 is 0. The van der Waals surface area contributed by atoms with E-state index in [0.717, 1.165) is 0 Å². The maximum absolute atomic E-state index is 10.5. The minimum atomic E-state index is -1.47. The van der Waals surface area contributed by atoms with Gasteiger partial charge in [-0.15, -0.1) is 0 Å². The van der Waals surface area contributed by atoms with Gasteiger partial charge in [0.1, 0.15) is 12.2 Å². The summed E-state index contributed by atoms with van der Waals surface area (Å²) in [6, 6.07) is -0.759. The van der Waals surface area contributed by atoms with Gasteiger partial charge < -0.3 is 25.8 Å². The van der Waals surface area contributed by atoms with Crippen molar-refractivity contribution in [1.29, 1.82) is 0 Å². The van der Waals surface area contributed by atoms with Crippen LogP contribution in [0.25, 0.3) is 0 Å². The average molecular weight is 191 g/mol. The lowest BCUT2D eigenvalue weighted by molar-refractivity contribution is -0.195. The van der Waals surface area contributed by atoms with Crippen molar-refractivity contribution in [3.63, 3.8) is 0 Å². The highest BCUT2D eigenvalue weighted by Crippen LogP contribution is 2.19. The van der Waals surface area contributed by atoms with Crippen LogP contribution in [-0.2, 0) is 9.53 Å². The molecule has 6 nitrogen and oxygen atoms in total. The van der Waals surface area contributed by atoms with E-state index in [9.17, 15) is 15.0 Å². The van der Waals surface area contributed by atoms with Crippen molar-refractivity contribution in [3.05, 3.63) is 0 Å². The van der Waals surface area contributed by atoms with Crippen molar-refractivity contribution in [2.24, 2.45) is 5.73 Å². The fraction of sp³-hybridized carbons (Fsp3) is 0.857. The first-order valence-corrected chi connectivity index (χ1v) is 3.95. The van der Waals surface area contributed by atoms with Gasteiger partial charge in [-0.05, 0) is 6.92 Å². The maximum atomic E-state index is 10.5. The molecule has 0 amide bonds. The van der Waals surface area contributed by atoms with Crippen molar-refractivity contribution >= 4 is 5.97 Å². The number of rotatable bonds is 1. The van der Waals surface area contributed by atoms with Crippen LogP contribution in [-0.4, -0.2) is 51.7 Å². The number of aliphatic hydroxyl groups is 2. The summed E-state index contributed by atoms with van der Waals surface area (Å²) in [4.78, 5) is 10.5. The van der Waals surface area contributed by atoms with Gasteiger partial charge in [0, 0.05) is 0 Å². The van der Waals surface area contributed by atoms with E-state index in [4.69, 9.17) is 15.6 Å². The van der Waals surface area contributed by atoms with Crippen LogP contribution in [0.1, 0.15) is 6.92 Å². The second-order valence-corrected chi connectivity index (χ2v) is 3.16. The third-order valence-electron chi connectivity index (χ3n) is 2.20. The SMILES string of the molecule is C[C@@H]1OC(C(=O)O)C(O)[C@H](O)[C@H]1N. The number of hydrogen-bond acceptors (Lipinski definition) is 5. The Morgan fingerprint density at radius 2 is 1.92 bits per heavy atom. The van der Waals surface area contributed by atoms with Crippen molar-refractivity contribution < 1.29 is 24.9 Å². The molecule has 0 saturated carbocycles. The number of nitrogens with two attached hydrogens (primary N) is 1. The lowest BCUT2D eigenvalue weighted by atomic mass is 9.94. The van der Waals surface area contributed by atoms with Crippen LogP contribution < -0.4 is 5.73 Å². The molecule has 0 aromatic rings. The minimum Gasteiger partial charge on any atom is -0.479 e. The Morgan fingerprint density at radius 3 is 2.38 bits per heavy atom. The van der Waals surface area contributed by atoms with E-state index < -0.39 is 36.4 Å². The first kappa shape index (κ1) is 10.4. The Hall–Kier alpha value is -0.690. The molecule has 0 bridgehead atoms. The Bertz CT molecular complexity index is 209. The quantitative estimate of drug-likeness (QED) is 0.378. The van der Waals surface area contributed by atoms with E-state index in [2.05, 4.69) is 0 Å². The van der Waals surface area contributed by atoms with Gasteiger partial charge in [-0.2, -0.15) is 0 Å². The van der Waals surface area contributed by atoms with E-state index in [1.807, 2.05) is 0 Å². The second-order valence-electron chi connectivity index (χ2n) is 3.16. The molecule has 0 spiro atoms. The summed E-state index contributed by atoms with van der Waals surface area (Å²) in [5, 5.41) is 27.2. The van der Waals surface area contributed by atoms with Crippen molar-refractivity contribution in [3.8, 4) is 0 Å². The average Bonchev–Trinajstić information content (AvgIpc) is 2.07. The van der Waals surface area contributed by atoms with Gasteiger partial charge in [0.15, 0.2) is 6.10 Å². The zero-order valence-electron chi connectivity index (χ0n) is 7.12. The molecular weight excluding hydrogens is 178 g/mol. The van der Waals surface area contributed by atoms with Gasteiger partial charge in [-0.1, -0.05) is 0 Å². The van der Waals surface area contributed by atoms with Crippen LogP contribution in [0.4, 0.5) is 0 Å². The standard InChI is InChI=1S/C7H13NO5/c1-2-3(8)4(9)5(10)6(13-2)7(11)12/h2-6,9-10H,8H2,1H3,(H,11,12)/t2-,3-,4+,5?,6?/m0/s1. The molecule has 1 aliphatic rings. The molecule has 2 unspecified atom stereocenters. The predicted molar refractivity (Wildman–Crippen MR) is 42.0 cm³/mol. The van der Waals surface area contributed by atoms with E-state index in [0.29, 0.717) is 0 Å². The number of carbonyl (C=O) groups is 1. The number of carboxylic acid groups (broad SMARTS) is 1. The zero-order chi connectivity index (χ0) is 10.2. The molecular formula is C7H13NO5. The molecule has 0 aromatic carbocycles. The number of aliphatic hydroxyl groups excluding tert-OH is 2. The molecule has 76 valence electrons. The summed E-state index contributed by atoms with van der Waals surface area (Å²) in [6.07, 6.45) is -4.71. The van der Waals surface area contributed by atoms with Gasteiger partial charge in [0.25, 0.3) is 0 Å². The lowest BCUT2D eigenvalue weighted by Crippen LogP contribution is -2.62. The Labute approximate surface area is 74.9 Å². The van der Waals surface area contributed by atoms with Gasteiger partial charge in [0.05, 0.1) is 12.1 Å². The molecule has 1 rings (SSSR count). The summed E-state index contributed by atoms with van der Waals surface area (Å²) in [5.41, 5.74) is 5.45. The normalized spacial score (nSPS) is 46.0. The molecule has 0 radical (unpaired) electrons. The van der Waals surface area contributed by atoms with Gasteiger partial charge >= 0.3 is 5.97 Å². The van der Waals surface area contributed by atoms with Crippen LogP contribution in [0.15, 0.2) is 0 Å². The summed E-state index contributed by atoms with van der Waals surface area (Å²) in [7, 11) is 0. The van der Waals surface area contributed by atoms with Crippen molar-refractivity contribution in [2.75, 3.05) is 0 Å². The van der Waals surface area contributed by atoms with Gasteiger partial charge in [0.2, 0.25) is 0 Å². The number of hydrogen-bond donors (Lipinski definition) is 4. The monoisotopic (exact) mass is 191 g/mol. The lowest BCUT2D eigenvalue weighted by Gasteiger charge is -2.38. The summed E-state index contributed by atoms with van der Waals surface area (Å²) in [6.45, 7) is 1.55. The van der Waals surface area contributed by atoms with Crippen molar-refractivity contribution in [1.82, 2.24) is 0 Å². The first-order chi connectivity index (χ1) is 5.95. The number of carboxylic acids is 1. The minimum absolute atomic E-state index is 0.584. The van der Waals surface area contributed by atoms with Crippen LogP contribution in [0.2, 0.25) is 0 Å². The maximum Gasteiger partial charge on any atom is 0.335 e. The van der Waals surface area contributed by atoms with Crippen molar-refractivity contribution in [2.45, 2.75) is 37.4 Å². The smallest absolute Gasteiger partial charge is 0.335 e. The zero-order valence-corrected chi connectivity index (χ0v) is 7.12. The molecule has 5 atom stereocenters. The summed E-state index contributed by atoms with van der Waals surface area (Å²) < 4.78 is 4.91. The predicted octanol–water partition coefficient (Wildman–Crippen LogP) is -2.09. The summed E-state index contributed by atoms with van der Waals surface area (Å²) in [5.74, 6) is -1.30. The third kappa shape index (κ3) is 1.80. The molecule has 1 heterocycles. The molecule has 0 aromatic heterocycles. The molecule has 1 aliphatic heterocycles. The van der Waals surface area contributed by atoms with E-state index >= 15 is 0 Å². The van der Waals surface area contributed by atoms with E-state index in [1.54, 1.807) is 6.92 Å². The highest BCUT2D eigenvalue weighted by atomic mass is 16.5. The van der Waals surface area contributed by atoms with Gasteiger partial charge in [-0.3, -0.25) is 0 Å². The van der Waals surface area contributed by atoms with E-state index in [-0.39, 0.29) is 0 Å². The Balaban J connectivity index is 2.76. The molecule has 6 heteroatoms. The first-order valence-electron chi connectivity index (χ1n) is 3.95. The van der Waals surface area contributed by atoms with Crippen LogP contribution in [0.3, 0.4) is 0 Å².